The van der Waals surface area contributed by atoms with Crippen molar-refractivity contribution < 1.29 is 14.3 Å². The summed E-state index contributed by atoms with van der Waals surface area (Å²) >= 11 is 1.38. The van der Waals surface area contributed by atoms with Gasteiger partial charge in [-0.25, -0.2) is 9.78 Å². The van der Waals surface area contributed by atoms with Crippen molar-refractivity contribution in [1.82, 2.24) is 4.98 Å². The summed E-state index contributed by atoms with van der Waals surface area (Å²) in [5.41, 5.74) is 4.98. The average Bonchev–Trinajstić information content (AvgIpc) is 3.10. The molecule has 144 valence electrons. The number of nitrogens with one attached hydrogen (secondary N) is 1. The van der Waals surface area contributed by atoms with Crippen molar-refractivity contribution in [3.8, 4) is 0 Å². The van der Waals surface area contributed by atoms with Gasteiger partial charge >= 0.3 is 5.97 Å². The van der Waals surface area contributed by atoms with Crippen molar-refractivity contribution in [3.05, 3.63) is 80.8 Å². The minimum absolute atomic E-state index is 0.0856. The summed E-state index contributed by atoms with van der Waals surface area (Å²) in [7, 11) is 0. The number of carbonyl (C=O) groups excluding carboxylic acids is 2. The monoisotopic (exact) mass is 394 g/mol. The minimum Gasteiger partial charge on any atom is -0.456 e. The predicted octanol–water partition coefficient (Wildman–Crippen LogP) is 4.61. The molecule has 0 radical (unpaired) electrons. The Hall–Kier alpha value is -2.99. The molecule has 3 aromatic rings. The highest BCUT2D eigenvalue weighted by molar-refractivity contribution is 7.09. The first-order valence-corrected chi connectivity index (χ1v) is 9.83. The second kappa shape index (κ2) is 8.80. The quantitative estimate of drug-likeness (QED) is 0.620. The van der Waals surface area contributed by atoms with E-state index in [4.69, 9.17) is 4.74 Å². The molecule has 0 saturated heterocycles. The van der Waals surface area contributed by atoms with Gasteiger partial charge in [0.25, 0.3) is 0 Å². The normalized spacial score (nSPS) is 10.5. The molecule has 0 spiro atoms. The molecule has 3 rings (SSSR count). The third-order valence-corrected chi connectivity index (χ3v) is 5.19. The summed E-state index contributed by atoms with van der Waals surface area (Å²) < 4.78 is 5.34. The molecule has 1 aromatic heterocycles. The number of amides is 1. The number of carbonyl (C=O) groups is 2. The van der Waals surface area contributed by atoms with Crippen molar-refractivity contribution in [1.29, 1.82) is 0 Å². The first-order valence-electron chi connectivity index (χ1n) is 8.95. The Morgan fingerprint density at radius 3 is 2.64 bits per heavy atom. The third-order valence-electron chi connectivity index (χ3n) is 4.29. The van der Waals surface area contributed by atoms with Crippen molar-refractivity contribution >= 4 is 28.9 Å². The molecule has 0 aliphatic carbocycles. The number of rotatable bonds is 6. The van der Waals surface area contributed by atoms with E-state index in [1.54, 1.807) is 12.1 Å². The number of thiazole rings is 1. The minimum atomic E-state index is -0.375. The van der Waals surface area contributed by atoms with Crippen molar-refractivity contribution in [2.24, 2.45) is 0 Å². The van der Waals surface area contributed by atoms with Gasteiger partial charge in [-0.3, -0.25) is 4.79 Å². The van der Waals surface area contributed by atoms with Crippen LogP contribution in [0.5, 0.6) is 0 Å². The van der Waals surface area contributed by atoms with Crippen LogP contribution in [0.2, 0.25) is 0 Å². The molecule has 5 nitrogen and oxygen atoms in total. The Kier molecular flexibility index (Phi) is 6.21. The molecule has 0 bridgehead atoms. The molecular formula is C22H22N2O3S. The van der Waals surface area contributed by atoms with E-state index in [1.165, 1.54) is 11.3 Å². The number of hydrogen-bond donors (Lipinski definition) is 1. The fraction of sp³-hybridized carbons (Fsp3) is 0.227. The Labute approximate surface area is 168 Å². The molecule has 28 heavy (non-hydrogen) atoms. The van der Waals surface area contributed by atoms with Gasteiger partial charge < -0.3 is 10.1 Å². The van der Waals surface area contributed by atoms with Crippen LogP contribution in [-0.2, 0) is 22.6 Å². The molecule has 0 unspecified atom stereocenters. The van der Waals surface area contributed by atoms with Crippen LogP contribution in [0.1, 0.15) is 37.7 Å². The number of nitrogens with zero attached hydrogens (tertiary/aromatic N) is 1. The molecule has 0 atom stereocenters. The zero-order valence-electron chi connectivity index (χ0n) is 16.1. The van der Waals surface area contributed by atoms with Crippen molar-refractivity contribution in [2.45, 2.75) is 33.8 Å². The van der Waals surface area contributed by atoms with E-state index in [0.717, 1.165) is 22.4 Å². The van der Waals surface area contributed by atoms with Crippen molar-refractivity contribution in [3.63, 3.8) is 0 Å². The van der Waals surface area contributed by atoms with Gasteiger partial charge in [0.1, 0.15) is 11.6 Å². The number of anilines is 1. The van der Waals surface area contributed by atoms with E-state index >= 15 is 0 Å². The highest BCUT2D eigenvalue weighted by Gasteiger charge is 2.13. The maximum atomic E-state index is 12.3. The van der Waals surface area contributed by atoms with Crippen LogP contribution < -0.4 is 5.32 Å². The van der Waals surface area contributed by atoms with Gasteiger partial charge in [-0.15, -0.1) is 11.3 Å². The molecule has 0 fully saturated rings. The summed E-state index contributed by atoms with van der Waals surface area (Å²) in [5.74, 6) is -0.494. The van der Waals surface area contributed by atoms with Crippen LogP contribution in [0.25, 0.3) is 0 Å². The largest absolute Gasteiger partial charge is 0.456 e. The van der Waals surface area contributed by atoms with Crippen LogP contribution >= 0.6 is 11.3 Å². The fourth-order valence-electron chi connectivity index (χ4n) is 2.72. The zero-order valence-corrected chi connectivity index (χ0v) is 16.9. The van der Waals surface area contributed by atoms with E-state index < -0.39 is 0 Å². The maximum Gasteiger partial charge on any atom is 0.338 e. The van der Waals surface area contributed by atoms with Gasteiger partial charge in [-0.2, -0.15) is 0 Å². The van der Waals surface area contributed by atoms with E-state index in [2.05, 4.69) is 10.3 Å². The van der Waals surface area contributed by atoms with Gasteiger partial charge in [0.2, 0.25) is 5.91 Å². The molecule has 0 saturated carbocycles. The lowest BCUT2D eigenvalue weighted by atomic mass is 10.1. The van der Waals surface area contributed by atoms with Crippen LogP contribution in [0.15, 0.2) is 47.8 Å². The Bertz CT molecular complexity index is 1010. The molecule has 0 aliphatic rings. The lowest BCUT2D eigenvalue weighted by Gasteiger charge is -2.08. The number of ether oxygens (including phenoxy) is 1. The molecule has 1 heterocycles. The summed E-state index contributed by atoms with van der Waals surface area (Å²) in [6.45, 7) is 5.90. The highest BCUT2D eigenvalue weighted by atomic mass is 32.1. The van der Waals surface area contributed by atoms with Crippen LogP contribution in [0, 0.1) is 20.8 Å². The Morgan fingerprint density at radius 1 is 1.07 bits per heavy atom. The second-order valence-electron chi connectivity index (χ2n) is 6.67. The fourth-order valence-corrected chi connectivity index (χ4v) is 3.50. The lowest BCUT2D eigenvalue weighted by Crippen LogP contribution is -2.15. The van der Waals surface area contributed by atoms with Gasteiger partial charge in [0, 0.05) is 11.1 Å². The maximum absolute atomic E-state index is 12.3. The number of benzene rings is 2. The van der Waals surface area contributed by atoms with Gasteiger partial charge in [-0.1, -0.05) is 30.3 Å². The second-order valence-corrected chi connectivity index (χ2v) is 7.61. The smallest absolute Gasteiger partial charge is 0.338 e. The SMILES string of the molecule is Cc1ccc(C)c(NC(=O)Cc2nc(COC(=O)c3ccccc3C)cs2)c1. The first kappa shape index (κ1) is 19.8. The number of aromatic nitrogens is 1. The molecule has 1 amide bonds. The van der Waals surface area contributed by atoms with Gasteiger partial charge in [0.05, 0.1) is 17.7 Å². The Balaban J connectivity index is 1.55. The first-order chi connectivity index (χ1) is 13.4. The van der Waals surface area contributed by atoms with Crippen LogP contribution in [-0.4, -0.2) is 16.9 Å². The standard InChI is InChI=1S/C22H22N2O3S/c1-14-8-9-16(3)19(10-14)24-20(25)11-21-23-17(13-28-21)12-27-22(26)18-7-5-4-6-15(18)2/h4-10,13H,11-12H2,1-3H3,(H,24,25). The summed E-state index contributed by atoms with van der Waals surface area (Å²) in [6.07, 6.45) is 0.184. The van der Waals surface area contributed by atoms with Gasteiger partial charge in [0.15, 0.2) is 0 Å². The van der Waals surface area contributed by atoms with E-state index in [0.29, 0.717) is 16.3 Å². The number of esters is 1. The molecule has 0 aliphatic heterocycles. The van der Waals surface area contributed by atoms with Crippen LogP contribution in [0.4, 0.5) is 5.69 Å². The summed E-state index contributed by atoms with van der Waals surface area (Å²) in [5, 5.41) is 5.43. The Morgan fingerprint density at radius 2 is 1.86 bits per heavy atom. The van der Waals surface area contributed by atoms with E-state index in [1.807, 2.05) is 56.5 Å². The third kappa shape index (κ3) is 5.04. The number of aryl methyl sites for hydroxylation is 3. The predicted molar refractivity (Wildman–Crippen MR) is 111 cm³/mol. The zero-order chi connectivity index (χ0) is 20.1. The molecule has 1 N–H and O–H groups in total. The van der Waals surface area contributed by atoms with Crippen LogP contribution in [0.3, 0.4) is 0 Å². The van der Waals surface area contributed by atoms with E-state index in [-0.39, 0.29) is 24.9 Å². The summed E-state index contributed by atoms with van der Waals surface area (Å²) in [6, 6.07) is 13.2. The van der Waals surface area contributed by atoms with E-state index in [9.17, 15) is 9.59 Å². The molecule has 6 heteroatoms. The van der Waals surface area contributed by atoms with Crippen molar-refractivity contribution in [2.75, 3.05) is 5.32 Å². The average molecular weight is 394 g/mol. The topological polar surface area (TPSA) is 68.3 Å². The van der Waals surface area contributed by atoms with Gasteiger partial charge in [-0.05, 0) is 49.6 Å². The lowest BCUT2D eigenvalue weighted by molar-refractivity contribution is -0.115. The molecule has 2 aromatic carbocycles. The molecular weight excluding hydrogens is 372 g/mol. The highest BCUT2D eigenvalue weighted by Crippen LogP contribution is 2.18. The number of hydrogen-bond acceptors (Lipinski definition) is 5. The summed E-state index contributed by atoms with van der Waals surface area (Å²) in [4.78, 5) is 28.9.